The zero-order valence-corrected chi connectivity index (χ0v) is 21.0. The number of nitrogens with zero attached hydrogens (tertiary/aromatic N) is 3. The molecule has 2 aromatic carbocycles. The highest BCUT2D eigenvalue weighted by Gasteiger charge is 2.32. The largest absolute Gasteiger partial charge is 0.352 e. The van der Waals surface area contributed by atoms with Crippen LogP contribution >= 0.6 is 0 Å². The second-order valence-electron chi connectivity index (χ2n) is 8.27. The highest BCUT2D eigenvalue weighted by molar-refractivity contribution is 7.90. The van der Waals surface area contributed by atoms with Crippen LogP contribution < -0.4 is 9.62 Å². The molecule has 2 amide bonds. The van der Waals surface area contributed by atoms with E-state index in [1.165, 1.54) is 43.3 Å². The molecule has 0 fully saturated rings. The molecule has 2 aromatic rings. The molecule has 2 rings (SSSR count). The predicted molar refractivity (Wildman–Crippen MR) is 131 cm³/mol. The van der Waals surface area contributed by atoms with Crippen LogP contribution in [0, 0.1) is 5.82 Å². The first-order chi connectivity index (χ1) is 16.0. The highest BCUT2D eigenvalue weighted by Crippen LogP contribution is 2.20. The first-order valence-corrected chi connectivity index (χ1v) is 12.5. The number of rotatable bonds is 11. The van der Waals surface area contributed by atoms with Gasteiger partial charge in [-0.25, -0.2) is 8.70 Å². The molecule has 1 N–H and O–H groups in total. The minimum Gasteiger partial charge on any atom is -0.352 e. The molecule has 0 aliphatic carbocycles. The molecule has 0 unspecified atom stereocenters. The first kappa shape index (κ1) is 27.3. The van der Waals surface area contributed by atoms with E-state index >= 15 is 0 Å². The van der Waals surface area contributed by atoms with Gasteiger partial charge in [0.2, 0.25) is 11.8 Å². The molecule has 0 saturated heterocycles. The fourth-order valence-electron chi connectivity index (χ4n) is 3.15. The van der Waals surface area contributed by atoms with E-state index < -0.39 is 34.5 Å². The van der Waals surface area contributed by atoms with E-state index in [4.69, 9.17) is 0 Å². The van der Waals surface area contributed by atoms with Crippen molar-refractivity contribution in [3.8, 4) is 0 Å². The minimum atomic E-state index is -4.00. The van der Waals surface area contributed by atoms with Gasteiger partial charge < -0.3 is 10.2 Å². The summed E-state index contributed by atoms with van der Waals surface area (Å²) < 4.78 is 41.5. The molecular weight excluding hydrogens is 459 g/mol. The monoisotopic (exact) mass is 492 g/mol. The van der Waals surface area contributed by atoms with Crippen LogP contribution in [0.5, 0.6) is 0 Å². The Morgan fingerprint density at radius 3 is 2.12 bits per heavy atom. The number of carbonyl (C=O) groups excluding carboxylic acids is 2. The summed E-state index contributed by atoms with van der Waals surface area (Å²) >= 11 is 0. The number of para-hydroxylation sites is 1. The van der Waals surface area contributed by atoms with Crippen LogP contribution in [-0.4, -0.2) is 62.2 Å². The van der Waals surface area contributed by atoms with Crippen LogP contribution in [-0.2, 0) is 26.3 Å². The van der Waals surface area contributed by atoms with Crippen molar-refractivity contribution in [3.05, 3.63) is 66.0 Å². The molecule has 0 radical (unpaired) electrons. The van der Waals surface area contributed by atoms with Crippen molar-refractivity contribution in [1.82, 2.24) is 14.5 Å². The van der Waals surface area contributed by atoms with Gasteiger partial charge in [0.1, 0.15) is 18.4 Å². The summed E-state index contributed by atoms with van der Waals surface area (Å²) in [5.41, 5.74) is 0.933. The SMILES string of the molecule is CC[C@@H](C)NC(=O)[C@@H](C)N(Cc1ccc(F)cc1)C(=O)CN(c1ccccc1)S(=O)(=O)N(C)C. The topological polar surface area (TPSA) is 90.0 Å². The van der Waals surface area contributed by atoms with E-state index in [1.807, 2.05) is 13.8 Å². The Hall–Kier alpha value is -2.98. The van der Waals surface area contributed by atoms with Gasteiger partial charge in [0, 0.05) is 26.7 Å². The van der Waals surface area contributed by atoms with E-state index in [1.54, 1.807) is 37.3 Å². The normalized spacial score (nSPS) is 13.3. The number of hydrogen-bond donors (Lipinski definition) is 1. The van der Waals surface area contributed by atoms with E-state index in [2.05, 4.69) is 5.32 Å². The van der Waals surface area contributed by atoms with Crippen LogP contribution in [0.3, 0.4) is 0 Å². The van der Waals surface area contributed by atoms with Crippen LogP contribution in [0.2, 0.25) is 0 Å². The Morgan fingerprint density at radius 2 is 1.59 bits per heavy atom. The zero-order chi connectivity index (χ0) is 25.5. The number of benzene rings is 2. The van der Waals surface area contributed by atoms with Crippen LogP contribution in [0.4, 0.5) is 10.1 Å². The van der Waals surface area contributed by atoms with Gasteiger partial charge in [-0.1, -0.05) is 37.3 Å². The summed E-state index contributed by atoms with van der Waals surface area (Å²) in [4.78, 5) is 27.7. The summed E-state index contributed by atoms with van der Waals surface area (Å²) in [5, 5.41) is 2.86. The number of amides is 2. The molecule has 0 saturated carbocycles. The minimum absolute atomic E-state index is 0.0127. The van der Waals surface area contributed by atoms with Crippen molar-refractivity contribution in [1.29, 1.82) is 0 Å². The lowest BCUT2D eigenvalue weighted by atomic mass is 10.1. The molecule has 0 bridgehead atoms. The Bertz CT molecular complexity index is 1060. The zero-order valence-electron chi connectivity index (χ0n) is 20.2. The van der Waals surface area contributed by atoms with Gasteiger partial charge in [0.15, 0.2) is 0 Å². The van der Waals surface area contributed by atoms with Gasteiger partial charge in [0.25, 0.3) is 0 Å². The Labute approximate surface area is 201 Å². The van der Waals surface area contributed by atoms with E-state index in [0.29, 0.717) is 17.7 Å². The van der Waals surface area contributed by atoms with Gasteiger partial charge in [0.05, 0.1) is 5.69 Å². The molecule has 0 aliphatic rings. The second-order valence-corrected chi connectivity index (χ2v) is 10.3. The maximum atomic E-state index is 13.5. The van der Waals surface area contributed by atoms with Gasteiger partial charge in [-0.05, 0) is 50.1 Å². The number of nitrogens with one attached hydrogen (secondary N) is 1. The van der Waals surface area contributed by atoms with Crippen molar-refractivity contribution < 1.29 is 22.4 Å². The Kier molecular flexibility index (Phi) is 9.57. The van der Waals surface area contributed by atoms with Crippen molar-refractivity contribution >= 4 is 27.7 Å². The third kappa shape index (κ3) is 7.01. The van der Waals surface area contributed by atoms with Crippen molar-refractivity contribution in [2.24, 2.45) is 0 Å². The summed E-state index contributed by atoms with van der Waals surface area (Å²) in [5.74, 6) is -1.34. The average molecular weight is 493 g/mol. The van der Waals surface area contributed by atoms with Gasteiger partial charge in [-0.2, -0.15) is 12.7 Å². The molecule has 0 heterocycles. The molecule has 186 valence electrons. The number of hydrogen-bond acceptors (Lipinski definition) is 4. The molecule has 0 spiro atoms. The molecular formula is C24H33FN4O4S. The van der Waals surface area contributed by atoms with E-state index in [-0.39, 0.29) is 18.5 Å². The number of halogens is 1. The first-order valence-electron chi connectivity index (χ1n) is 11.1. The van der Waals surface area contributed by atoms with Crippen molar-refractivity contribution in [2.45, 2.75) is 45.8 Å². The summed E-state index contributed by atoms with van der Waals surface area (Å²) in [6.07, 6.45) is 0.716. The third-order valence-electron chi connectivity index (χ3n) is 5.50. The molecule has 0 aromatic heterocycles. The summed E-state index contributed by atoms with van der Waals surface area (Å²) in [6, 6.07) is 12.9. The molecule has 34 heavy (non-hydrogen) atoms. The van der Waals surface area contributed by atoms with E-state index in [9.17, 15) is 22.4 Å². The smallest absolute Gasteiger partial charge is 0.304 e. The Morgan fingerprint density at radius 1 is 1.00 bits per heavy atom. The van der Waals surface area contributed by atoms with Gasteiger partial charge >= 0.3 is 10.2 Å². The molecule has 10 heteroatoms. The maximum Gasteiger partial charge on any atom is 0.304 e. The lowest BCUT2D eigenvalue weighted by Gasteiger charge is -2.33. The van der Waals surface area contributed by atoms with E-state index in [0.717, 1.165) is 8.61 Å². The molecule has 8 nitrogen and oxygen atoms in total. The predicted octanol–water partition coefficient (Wildman–Crippen LogP) is 2.77. The van der Waals surface area contributed by atoms with Gasteiger partial charge in [-0.3, -0.25) is 9.59 Å². The lowest BCUT2D eigenvalue weighted by molar-refractivity contribution is -0.139. The Balaban J connectivity index is 2.41. The maximum absolute atomic E-state index is 13.5. The summed E-state index contributed by atoms with van der Waals surface area (Å²) in [6.45, 7) is 4.89. The lowest BCUT2D eigenvalue weighted by Crippen LogP contribution is -2.53. The molecule has 2 atom stereocenters. The van der Waals surface area contributed by atoms with Crippen LogP contribution in [0.15, 0.2) is 54.6 Å². The standard InChI is InChI=1S/C24H33FN4O4S/c1-6-18(2)26-24(31)19(3)28(16-20-12-14-21(25)15-13-20)23(30)17-29(34(32,33)27(4)5)22-10-8-7-9-11-22/h7-15,18-19H,6,16-17H2,1-5H3,(H,26,31)/t18-,19-/m1/s1. The number of anilines is 1. The number of carbonyl (C=O) groups is 2. The molecule has 0 aliphatic heterocycles. The van der Waals surface area contributed by atoms with Crippen molar-refractivity contribution in [3.63, 3.8) is 0 Å². The fraction of sp³-hybridized carbons (Fsp3) is 0.417. The van der Waals surface area contributed by atoms with Crippen LogP contribution in [0.25, 0.3) is 0 Å². The fourth-order valence-corrected chi connectivity index (χ4v) is 4.20. The van der Waals surface area contributed by atoms with Crippen LogP contribution in [0.1, 0.15) is 32.8 Å². The van der Waals surface area contributed by atoms with Crippen molar-refractivity contribution in [2.75, 3.05) is 24.9 Å². The summed E-state index contributed by atoms with van der Waals surface area (Å²) in [7, 11) is -1.23. The highest BCUT2D eigenvalue weighted by atomic mass is 32.2. The van der Waals surface area contributed by atoms with Gasteiger partial charge in [-0.15, -0.1) is 0 Å². The third-order valence-corrected chi connectivity index (χ3v) is 7.32. The average Bonchev–Trinajstić information content (AvgIpc) is 2.81. The second kappa shape index (κ2) is 11.9. The quantitative estimate of drug-likeness (QED) is 0.522.